The lowest BCUT2D eigenvalue weighted by molar-refractivity contribution is 0.276. The standard InChI is InChI=1S/C27H25FN4O/c1-17(29)22-13-19(11-12-25(22)30)23-14-20(32-26(16-33)18-7-3-2-4-8-18)15-31-27(23)21-9-5-6-10-24(21)28/h2-15,26,29,32-33H,16,30H2,1H3. The zero-order chi connectivity index (χ0) is 23.4. The Kier molecular flexibility index (Phi) is 6.47. The molecule has 5 nitrogen and oxygen atoms in total. The summed E-state index contributed by atoms with van der Waals surface area (Å²) in [5, 5.41) is 21.3. The molecule has 4 rings (SSSR count). The van der Waals surface area contributed by atoms with Crippen LogP contribution in [0.1, 0.15) is 24.1 Å². The summed E-state index contributed by atoms with van der Waals surface area (Å²) in [4.78, 5) is 4.60. The lowest BCUT2D eigenvalue weighted by Gasteiger charge is -2.20. The number of nitrogen functional groups attached to an aromatic ring is 1. The molecule has 1 heterocycles. The van der Waals surface area contributed by atoms with Crippen LogP contribution in [-0.2, 0) is 0 Å². The van der Waals surface area contributed by atoms with Crippen molar-refractivity contribution in [1.82, 2.24) is 4.98 Å². The second kappa shape index (κ2) is 9.63. The molecule has 0 radical (unpaired) electrons. The molecular weight excluding hydrogens is 415 g/mol. The van der Waals surface area contributed by atoms with E-state index in [1.165, 1.54) is 6.07 Å². The Morgan fingerprint density at radius 3 is 2.45 bits per heavy atom. The van der Waals surface area contributed by atoms with Crippen molar-refractivity contribution in [2.45, 2.75) is 13.0 Å². The number of aliphatic hydroxyl groups excluding tert-OH is 1. The van der Waals surface area contributed by atoms with Crippen LogP contribution in [0.4, 0.5) is 15.8 Å². The highest BCUT2D eigenvalue weighted by Crippen LogP contribution is 2.35. The van der Waals surface area contributed by atoms with Crippen LogP contribution in [0.15, 0.2) is 85.1 Å². The first-order valence-electron chi connectivity index (χ1n) is 10.6. The third-order valence-electron chi connectivity index (χ3n) is 5.51. The number of pyridine rings is 1. The minimum absolute atomic E-state index is 0.104. The van der Waals surface area contributed by atoms with Crippen LogP contribution in [-0.4, -0.2) is 22.4 Å². The fraction of sp³-hybridized carbons (Fsp3) is 0.111. The first kappa shape index (κ1) is 22.2. The van der Waals surface area contributed by atoms with Crippen molar-refractivity contribution >= 4 is 17.1 Å². The number of aromatic nitrogens is 1. The maximum absolute atomic E-state index is 14.7. The van der Waals surface area contributed by atoms with Gasteiger partial charge in [0.1, 0.15) is 5.82 Å². The van der Waals surface area contributed by atoms with E-state index in [0.29, 0.717) is 39.5 Å². The van der Waals surface area contributed by atoms with Gasteiger partial charge in [-0.2, -0.15) is 0 Å². The molecule has 4 aromatic rings. The molecule has 6 heteroatoms. The van der Waals surface area contributed by atoms with Crippen LogP contribution in [0.3, 0.4) is 0 Å². The third-order valence-corrected chi connectivity index (χ3v) is 5.51. The number of hydrogen-bond acceptors (Lipinski definition) is 5. The van der Waals surface area contributed by atoms with Gasteiger partial charge in [-0.05, 0) is 48.4 Å². The summed E-state index contributed by atoms with van der Waals surface area (Å²) >= 11 is 0. The molecule has 0 amide bonds. The van der Waals surface area contributed by atoms with Crippen LogP contribution in [0.25, 0.3) is 22.4 Å². The van der Waals surface area contributed by atoms with Crippen LogP contribution < -0.4 is 11.1 Å². The van der Waals surface area contributed by atoms with Gasteiger partial charge in [0.25, 0.3) is 0 Å². The number of rotatable bonds is 7. The Morgan fingerprint density at radius 2 is 1.76 bits per heavy atom. The summed E-state index contributed by atoms with van der Waals surface area (Å²) in [6.45, 7) is 1.57. The minimum atomic E-state index is -0.372. The monoisotopic (exact) mass is 440 g/mol. The predicted molar refractivity (Wildman–Crippen MR) is 132 cm³/mol. The Morgan fingerprint density at radius 1 is 1.03 bits per heavy atom. The summed E-state index contributed by atoms with van der Waals surface area (Å²) in [5.74, 6) is -0.372. The van der Waals surface area contributed by atoms with Crippen molar-refractivity contribution in [3.8, 4) is 22.4 Å². The zero-order valence-electron chi connectivity index (χ0n) is 18.2. The quantitative estimate of drug-likeness (QED) is 0.220. The number of nitrogens with two attached hydrogens (primary N) is 1. The number of benzene rings is 3. The first-order valence-corrected chi connectivity index (χ1v) is 10.6. The predicted octanol–water partition coefficient (Wildman–Crippen LogP) is 5.67. The van der Waals surface area contributed by atoms with Gasteiger partial charge in [-0.25, -0.2) is 4.39 Å². The molecule has 0 aliphatic carbocycles. The average molecular weight is 441 g/mol. The van der Waals surface area contributed by atoms with E-state index < -0.39 is 0 Å². The van der Waals surface area contributed by atoms with E-state index in [2.05, 4.69) is 10.3 Å². The molecule has 0 saturated heterocycles. The van der Waals surface area contributed by atoms with E-state index in [0.717, 1.165) is 11.1 Å². The number of anilines is 2. The third kappa shape index (κ3) is 4.76. The van der Waals surface area contributed by atoms with Crippen LogP contribution in [0.2, 0.25) is 0 Å². The number of nitrogens with zero attached hydrogens (tertiary/aromatic N) is 1. The fourth-order valence-corrected chi connectivity index (χ4v) is 3.80. The number of aliphatic hydroxyl groups is 1. The second-order valence-electron chi connectivity index (χ2n) is 7.82. The van der Waals surface area contributed by atoms with Crippen molar-refractivity contribution in [3.63, 3.8) is 0 Å². The van der Waals surface area contributed by atoms with E-state index >= 15 is 0 Å². The summed E-state index contributed by atoms with van der Waals surface area (Å²) < 4.78 is 14.7. The molecule has 0 spiro atoms. The molecule has 3 aromatic carbocycles. The Bertz CT molecular complexity index is 1290. The average Bonchev–Trinajstić information content (AvgIpc) is 2.83. The van der Waals surface area contributed by atoms with Crippen molar-refractivity contribution in [3.05, 3.63) is 102 Å². The van der Waals surface area contributed by atoms with Crippen LogP contribution >= 0.6 is 0 Å². The van der Waals surface area contributed by atoms with Gasteiger partial charge < -0.3 is 21.6 Å². The summed E-state index contributed by atoms with van der Waals surface area (Å²) in [7, 11) is 0. The summed E-state index contributed by atoms with van der Waals surface area (Å²) in [6, 6.07) is 23.1. The van der Waals surface area contributed by atoms with Gasteiger partial charge in [-0.15, -0.1) is 0 Å². The molecular formula is C27H25FN4O. The highest BCUT2D eigenvalue weighted by Gasteiger charge is 2.17. The molecule has 0 aliphatic rings. The highest BCUT2D eigenvalue weighted by atomic mass is 19.1. The molecule has 33 heavy (non-hydrogen) atoms. The topological polar surface area (TPSA) is 95.0 Å². The Labute approximate surface area is 192 Å². The largest absolute Gasteiger partial charge is 0.398 e. The maximum Gasteiger partial charge on any atom is 0.132 e. The smallest absolute Gasteiger partial charge is 0.132 e. The van der Waals surface area contributed by atoms with Crippen LogP contribution in [0, 0.1) is 11.2 Å². The molecule has 0 bridgehead atoms. The lowest BCUT2D eigenvalue weighted by atomic mass is 9.95. The van der Waals surface area contributed by atoms with Gasteiger partial charge in [-0.3, -0.25) is 4.98 Å². The summed E-state index contributed by atoms with van der Waals surface area (Å²) in [6.07, 6.45) is 1.64. The van der Waals surface area contributed by atoms with Crippen molar-refractivity contribution < 1.29 is 9.50 Å². The second-order valence-corrected chi connectivity index (χ2v) is 7.82. The lowest BCUT2D eigenvalue weighted by Crippen LogP contribution is -2.15. The van der Waals surface area contributed by atoms with E-state index in [9.17, 15) is 9.50 Å². The highest BCUT2D eigenvalue weighted by molar-refractivity contribution is 6.02. The van der Waals surface area contributed by atoms with E-state index in [-0.39, 0.29) is 18.5 Å². The minimum Gasteiger partial charge on any atom is -0.398 e. The molecule has 166 valence electrons. The van der Waals surface area contributed by atoms with Gasteiger partial charge >= 0.3 is 0 Å². The Balaban J connectivity index is 1.84. The molecule has 1 unspecified atom stereocenters. The van der Waals surface area contributed by atoms with Crippen molar-refractivity contribution in [2.75, 3.05) is 17.7 Å². The first-order chi connectivity index (χ1) is 16.0. The number of halogens is 1. The molecule has 1 aromatic heterocycles. The Hall–Kier alpha value is -4.03. The fourth-order valence-electron chi connectivity index (χ4n) is 3.80. The van der Waals surface area contributed by atoms with Crippen molar-refractivity contribution in [2.24, 2.45) is 0 Å². The number of nitrogens with one attached hydrogen (secondary N) is 2. The van der Waals surface area contributed by atoms with Crippen LogP contribution in [0.5, 0.6) is 0 Å². The normalized spacial score (nSPS) is 11.7. The van der Waals surface area contributed by atoms with E-state index in [4.69, 9.17) is 11.1 Å². The molecule has 1 atom stereocenters. The van der Waals surface area contributed by atoms with E-state index in [1.54, 1.807) is 37.4 Å². The molecule has 5 N–H and O–H groups in total. The van der Waals surface area contributed by atoms with Gasteiger partial charge in [0, 0.05) is 28.1 Å². The SMILES string of the molecule is CC(=N)c1cc(-c2cc(NC(CO)c3ccccc3)cnc2-c2ccccc2F)ccc1N. The van der Waals surface area contributed by atoms with Gasteiger partial charge in [0.05, 0.1) is 30.2 Å². The summed E-state index contributed by atoms with van der Waals surface area (Å²) in [5.41, 5.74) is 11.5. The molecule has 0 saturated carbocycles. The zero-order valence-corrected chi connectivity index (χ0v) is 18.2. The van der Waals surface area contributed by atoms with E-state index in [1.807, 2.05) is 48.5 Å². The van der Waals surface area contributed by atoms with Crippen molar-refractivity contribution in [1.29, 1.82) is 5.41 Å². The maximum atomic E-state index is 14.7. The van der Waals surface area contributed by atoms with Gasteiger partial charge in [0.2, 0.25) is 0 Å². The molecule has 0 aliphatic heterocycles. The van der Waals surface area contributed by atoms with Gasteiger partial charge in [0.15, 0.2) is 0 Å². The van der Waals surface area contributed by atoms with Gasteiger partial charge in [-0.1, -0.05) is 48.5 Å². The molecule has 0 fully saturated rings. The number of hydrogen-bond donors (Lipinski definition) is 4.